The molecule has 0 spiro atoms. The van der Waals surface area contributed by atoms with Gasteiger partial charge in [-0.1, -0.05) is 6.07 Å². The van der Waals surface area contributed by atoms with Crippen molar-refractivity contribution in [2.45, 2.75) is 0 Å². The molecule has 1 aromatic carbocycles. The largest absolute Gasteiger partial charge is 0.508 e. The minimum atomic E-state index is -0.400. The summed E-state index contributed by atoms with van der Waals surface area (Å²) in [5.41, 5.74) is 1.68. The highest BCUT2D eigenvalue weighted by Crippen LogP contribution is 2.24. The topological polar surface area (TPSA) is 46.0 Å². The second-order valence-electron chi connectivity index (χ2n) is 3.93. The van der Waals surface area contributed by atoms with Crippen molar-refractivity contribution < 1.29 is 9.50 Å². The predicted molar refractivity (Wildman–Crippen MR) is 66.6 cm³/mol. The molecular formula is C14H9FN2O. The van der Waals surface area contributed by atoms with Crippen molar-refractivity contribution >= 4 is 10.9 Å². The zero-order valence-corrected chi connectivity index (χ0v) is 9.34. The summed E-state index contributed by atoms with van der Waals surface area (Å²) in [6.07, 6.45) is 2.69. The van der Waals surface area contributed by atoms with Gasteiger partial charge < -0.3 is 5.11 Å². The summed E-state index contributed by atoms with van der Waals surface area (Å²) in [4.78, 5) is 8.08. The van der Waals surface area contributed by atoms with Crippen LogP contribution in [0.4, 0.5) is 4.39 Å². The van der Waals surface area contributed by atoms with Crippen LogP contribution in [0.1, 0.15) is 0 Å². The van der Waals surface area contributed by atoms with Gasteiger partial charge in [-0.15, -0.1) is 0 Å². The highest BCUT2D eigenvalue weighted by Gasteiger charge is 2.07. The Balaban J connectivity index is 2.20. The van der Waals surface area contributed by atoms with Crippen LogP contribution in [-0.2, 0) is 0 Å². The average molecular weight is 240 g/mol. The van der Waals surface area contributed by atoms with Gasteiger partial charge in [0.2, 0.25) is 0 Å². The quantitative estimate of drug-likeness (QED) is 0.710. The molecule has 0 radical (unpaired) electrons. The van der Waals surface area contributed by atoms with Crippen molar-refractivity contribution in [3.05, 3.63) is 54.6 Å². The van der Waals surface area contributed by atoms with Gasteiger partial charge in [0.05, 0.1) is 17.4 Å². The summed E-state index contributed by atoms with van der Waals surface area (Å²) in [6, 6.07) is 9.99. The minimum Gasteiger partial charge on any atom is -0.508 e. The van der Waals surface area contributed by atoms with E-state index in [-0.39, 0.29) is 5.75 Å². The number of fused-ring (bicyclic) bond motifs is 1. The summed E-state index contributed by atoms with van der Waals surface area (Å²) in [5, 5.41) is 10.2. The van der Waals surface area contributed by atoms with Gasteiger partial charge in [0.15, 0.2) is 5.82 Å². The van der Waals surface area contributed by atoms with E-state index in [2.05, 4.69) is 9.97 Å². The third-order valence-corrected chi connectivity index (χ3v) is 2.72. The standard InChI is InChI=1S/C14H9FN2O/c15-12-8-16-6-5-11(12)14-3-1-9-7-10(18)2-4-13(9)17-14/h1-8,18H. The first kappa shape index (κ1) is 10.7. The van der Waals surface area contributed by atoms with Crippen LogP contribution in [0.5, 0.6) is 5.75 Å². The molecule has 2 heterocycles. The fourth-order valence-corrected chi connectivity index (χ4v) is 1.85. The van der Waals surface area contributed by atoms with Crippen LogP contribution in [0.25, 0.3) is 22.2 Å². The van der Waals surface area contributed by atoms with Crippen LogP contribution in [0, 0.1) is 5.82 Å². The van der Waals surface area contributed by atoms with Gasteiger partial charge >= 0.3 is 0 Å². The third-order valence-electron chi connectivity index (χ3n) is 2.72. The fourth-order valence-electron chi connectivity index (χ4n) is 1.85. The zero-order chi connectivity index (χ0) is 12.5. The van der Waals surface area contributed by atoms with E-state index in [9.17, 15) is 9.50 Å². The summed E-state index contributed by atoms with van der Waals surface area (Å²) >= 11 is 0. The number of aromatic nitrogens is 2. The number of rotatable bonds is 1. The molecule has 0 aliphatic heterocycles. The molecule has 0 fully saturated rings. The summed E-state index contributed by atoms with van der Waals surface area (Å²) < 4.78 is 13.6. The molecule has 1 N–H and O–H groups in total. The molecule has 3 aromatic rings. The molecule has 0 aliphatic rings. The lowest BCUT2D eigenvalue weighted by Crippen LogP contribution is -1.89. The van der Waals surface area contributed by atoms with Gasteiger partial charge in [-0.2, -0.15) is 0 Å². The van der Waals surface area contributed by atoms with Crippen molar-refractivity contribution in [1.82, 2.24) is 9.97 Å². The smallest absolute Gasteiger partial charge is 0.150 e. The van der Waals surface area contributed by atoms with Crippen molar-refractivity contribution in [2.75, 3.05) is 0 Å². The Morgan fingerprint density at radius 3 is 2.78 bits per heavy atom. The SMILES string of the molecule is Oc1ccc2nc(-c3ccncc3F)ccc2c1. The molecule has 2 aromatic heterocycles. The zero-order valence-electron chi connectivity index (χ0n) is 9.34. The van der Waals surface area contributed by atoms with Crippen molar-refractivity contribution in [3.8, 4) is 17.0 Å². The number of phenolic OH excluding ortho intramolecular Hbond substituents is 1. The Kier molecular flexibility index (Phi) is 2.41. The number of hydrogen-bond donors (Lipinski definition) is 1. The van der Waals surface area contributed by atoms with Crippen molar-refractivity contribution in [2.24, 2.45) is 0 Å². The maximum atomic E-state index is 13.6. The van der Waals surface area contributed by atoms with Crippen LogP contribution >= 0.6 is 0 Å². The number of phenols is 1. The molecule has 3 rings (SSSR count). The number of pyridine rings is 2. The highest BCUT2D eigenvalue weighted by atomic mass is 19.1. The first-order valence-electron chi connectivity index (χ1n) is 5.44. The monoisotopic (exact) mass is 240 g/mol. The van der Waals surface area contributed by atoms with Gasteiger partial charge in [0.1, 0.15) is 5.75 Å². The molecule has 0 aliphatic carbocycles. The van der Waals surface area contributed by atoms with Crippen molar-refractivity contribution in [3.63, 3.8) is 0 Å². The van der Waals surface area contributed by atoms with E-state index >= 15 is 0 Å². The molecule has 88 valence electrons. The normalized spacial score (nSPS) is 10.7. The molecule has 0 atom stereocenters. The van der Waals surface area contributed by atoms with E-state index in [1.807, 2.05) is 0 Å². The Morgan fingerprint density at radius 2 is 1.94 bits per heavy atom. The van der Waals surface area contributed by atoms with Crippen molar-refractivity contribution in [1.29, 1.82) is 0 Å². The van der Waals surface area contributed by atoms with Crippen LogP contribution < -0.4 is 0 Å². The van der Waals surface area contributed by atoms with Crippen LogP contribution in [0.2, 0.25) is 0 Å². The second kappa shape index (κ2) is 4.07. The van der Waals surface area contributed by atoms with E-state index in [0.29, 0.717) is 16.8 Å². The average Bonchev–Trinajstić information content (AvgIpc) is 2.39. The molecule has 0 saturated heterocycles. The van der Waals surface area contributed by atoms with Gasteiger partial charge in [-0.25, -0.2) is 9.37 Å². The number of halogens is 1. The summed E-state index contributed by atoms with van der Waals surface area (Å²) in [5.74, 6) is -0.213. The molecule has 4 heteroatoms. The fraction of sp³-hybridized carbons (Fsp3) is 0. The van der Waals surface area contributed by atoms with Crippen LogP contribution in [0.15, 0.2) is 48.8 Å². The summed E-state index contributed by atoms with van der Waals surface area (Å²) in [6.45, 7) is 0. The van der Waals surface area contributed by atoms with Gasteiger partial charge in [0.25, 0.3) is 0 Å². The van der Waals surface area contributed by atoms with Gasteiger partial charge in [0, 0.05) is 17.1 Å². The molecule has 0 amide bonds. The second-order valence-corrected chi connectivity index (χ2v) is 3.93. The van der Waals surface area contributed by atoms with Gasteiger partial charge in [-0.3, -0.25) is 4.98 Å². The lowest BCUT2D eigenvalue weighted by Gasteiger charge is -2.04. The Bertz CT molecular complexity index is 728. The Hall–Kier alpha value is -2.49. The maximum absolute atomic E-state index is 13.6. The number of aromatic hydroxyl groups is 1. The van der Waals surface area contributed by atoms with Crippen LogP contribution in [-0.4, -0.2) is 15.1 Å². The predicted octanol–water partition coefficient (Wildman–Crippen LogP) is 3.14. The summed E-state index contributed by atoms with van der Waals surface area (Å²) in [7, 11) is 0. The lowest BCUT2D eigenvalue weighted by atomic mass is 10.1. The minimum absolute atomic E-state index is 0.187. The molecule has 0 bridgehead atoms. The first-order chi connectivity index (χ1) is 8.74. The number of nitrogens with zero attached hydrogens (tertiary/aromatic N) is 2. The van der Waals surface area contributed by atoms with E-state index in [0.717, 1.165) is 11.6 Å². The van der Waals surface area contributed by atoms with Gasteiger partial charge in [-0.05, 0) is 30.3 Å². The van der Waals surface area contributed by atoms with E-state index < -0.39 is 5.82 Å². The Labute approximate surface area is 103 Å². The molecular weight excluding hydrogens is 231 g/mol. The number of benzene rings is 1. The molecule has 3 nitrogen and oxygen atoms in total. The van der Waals surface area contributed by atoms with Crippen LogP contribution in [0.3, 0.4) is 0 Å². The first-order valence-corrected chi connectivity index (χ1v) is 5.44. The van der Waals surface area contributed by atoms with E-state index in [4.69, 9.17) is 0 Å². The lowest BCUT2D eigenvalue weighted by molar-refractivity contribution is 0.476. The van der Waals surface area contributed by atoms with E-state index in [1.54, 1.807) is 36.4 Å². The maximum Gasteiger partial charge on any atom is 0.150 e. The number of hydrogen-bond acceptors (Lipinski definition) is 3. The Morgan fingerprint density at radius 1 is 1.06 bits per heavy atom. The molecule has 18 heavy (non-hydrogen) atoms. The molecule has 0 unspecified atom stereocenters. The molecule has 0 saturated carbocycles. The highest BCUT2D eigenvalue weighted by molar-refractivity contribution is 5.82. The third kappa shape index (κ3) is 1.78. The van der Waals surface area contributed by atoms with E-state index in [1.165, 1.54) is 6.20 Å².